The molecule has 2 aliphatic rings. The van der Waals surface area contributed by atoms with E-state index in [1.54, 1.807) is 4.90 Å². The molecule has 0 spiro atoms. The Morgan fingerprint density at radius 2 is 2.12 bits per heavy atom. The summed E-state index contributed by atoms with van der Waals surface area (Å²) in [5.74, 6) is 2.45. The van der Waals surface area contributed by atoms with Crippen molar-refractivity contribution in [3.63, 3.8) is 0 Å². The summed E-state index contributed by atoms with van der Waals surface area (Å²) in [5, 5.41) is 3.06. The molecule has 4 rings (SSSR count). The van der Waals surface area contributed by atoms with Crippen LogP contribution in [0.4, 0.5) is 4.79 Å². The van der Waals surface area contributed by atoms with Gasteiger partial charge in [-0.2, -0.15) is 0 Å². The third-order valence-corrected chi connectivity index (χ3v) is 4.43. The number of urea groups is 1. The number of hydrogen-bond donors (Lipinski definition) is 1. The minimum atomic E-state index is -0.217. The molecule has 0 radical (unpaired) electrons. The van der Waals surface area contributed by atoms with Gasteiger partial charge in [-0.3, -0.25) is 0 Å². The predicted octanol–water partition coefficient (Wildman–Crippen LogP) is 2.80. The van der Waals surface area contributed by atoms with Gasteiger partial charge in [0.2, 0.25) is 0 Å². The van der Waals surface area contributed by atoms with Crippen molar-refractivity contribution in [2.24, 2.45) is 0 Å². The van der Waals surface area contributed by atoms with Crippen LogP contribution in [0, 0.1) is 6.92 Å². The first-order valence-electron chi connectivity index (χ1n) is 8.16. The second-order valence-electron chi connectivity index (χ2n) is 6.10. The lowest BCUT2D eigenvalue weighted by molar-refractivity contribution is -0.0267. The molecular weight excluding hydrogens is 308 g/mol. The zero-order valence-corrected chi connectivity index (χ0v) is 13.5. The van der Waals surface area contributed by atoms with Crippen molar-refractivity contribution in [2.45, 2.75) is 19.1 Å². The molecule has 1 aromatic carbocycles. The largest absolute Gasteiger partial charge is 0.491 e. The maximum absolute atomic E-state index is 12.6. The molecule has 6 heteroatoms. The van der Waals surface area contributed by atoms with Crippen LogP contribution in [-0.2, 0) is 4.74 Å². The summed E-state index contributed by atoms with van der Waals surface area (Å²) >= 11 is 0. The number of morpholine rings is 1. The van der Waals surface area contributed by atoms with E-state index < -0.39 is 0 Å². The number of aryl methyl sites for hydroxylation is 1. The number of ether oxygens (including phenoxy) is 2. The molecule has 0 saturated carbocycles. The molecular formula is C18H20N2O4. The van der Waals surface area contributed by atoms with E-state index in [9.17, 15) is 4.79 Å². The number of hydrogen-bond acceptors (Lipinski definition) is 4. The Morgan fingerprint density at radius 3 is 2.96 bits per heavy atom. The highest BCUT2D eigenvalue weighted by atomic mass is 16.5. The molecule has 1 aromatic heterocycles. The van der Waals surface area contributed by atoms with Crippen LogP contribution >= 0.6 is 0 Å². The van der Waals surface area contributed by atoms with Crippen LogP contribution in [0.15, 0.2) is 40.8 Å². The Morgan fingerprint density at radius 1 is 1.25 bits per heavy atom. The topological polar surface area (TPSA) is 63.9 Å². The summed E-state index contributed by atoms with van der Waals surface area (Å²) in [6.45, 7) is 3.91. The molecule has 1 fully saturated rings. The van der Waals surface area contributed by atoms with Crippen molar-refractivity contribution in [1.82, 2.24) is 10.2 Å². The van der Waals surface area contributed by atoms with E-state index in [0.29, 0.717) is 26.3 Å². The van der Waals surface area contributed by atoms with E-state index in [4.69, 9.17) is 13.9 Å². The summed E-state index contributed by atoms with van der Waals surface area (Å²) in [4.78, 5) is 14.4. The Bertz CT molecular complexity index is 742. The molecule has 0 unspecified atom stereocenters. The van der Waals surface area contributed by atoms with Crippen LogP contribution < -0.4 is 10.1 Å². The maximum Gasteiger partial charge on any atom is 0.318 e. The lowest BCUT2D eigenvalue weighted by Crippen LogP contribution is -2.48. The van der Waals surface area contributed by atoms with Crippen LogP contribution in [0.25, 0.3) is 0 Å². The lowest BCUT2D eigenvalue weighted by Gasteiger charge is -2.32. The number of carbonyl (C=O) groups excluding carboxylic acids is 1. The molecule has 1 saturated heterocycles. The highest BCUT2D eigenvalue weighted by Gasteiger charge is 2.31. The lowest BCUT2D eigenvalue weighted by atomic mass is 10.1. The molecule has 3 heterocycles. The number of fused-ring (bicyclic) bond motifs is 1. The predicted molar refractivity (Wildman–Crippen MR) is 86.9 cm³/mol. The van der Waals surface area contributed by atoms with E-state index >= 15 is 0 Å². The molecule has 2 aliphatic heterocycles. The van der Waals surface area contributed by atoms with Crippen molar-refractivity contribution < 1.29 is 18.7 Å². The third kappa shape index (κ3) is 2.85. The first-order chi connectivity index (χ1) is 11.7. The second kappa shape index (κ2) is 6.20. The first-order valence-corrected chi connectivity index (χ1v) is 8.16. The Labute approximate surface area is 140 Å². The smallest absolute Gasteiger partial charge is 0.318 e. The average Bonchev–Trinajstić information content (AvgIpc) is 3.22. The molecule has 0 aliphatic carbocycles. The van der Waals surface area contributed by atoms with Gasteiger partial charge in [0.1, 0.15) is 30.0 Å². The zero-order valence-electron chi connectivity index (χ0n) is 13.5. The van der Waals surface area contributed by atoms with Gasteiger partial charge in [-0.05, 0) is 25.1 Å². The summed E-state index contributed by atoms with van der Waals surface area (Å²) in [5.41, 5.74) is 1.03. The van der Waals surface area contributed by atoms with E-state index in [1.165, 1.54) is 0 Å². The van der Waals surface area contributed by atoms with Crippen molar-refractivity contribution in [3.8, 4) is 5.75 Å². The highest BCUT2D eigenvalue weighted by molar-refractivity contribution is 5.75. The molecule has 126 valence electrons. The molecule has 2 amide bonds. The van der Waals surface area contributed by atoms with Gasteiger partial charge < -0.3 is 24.1 Å². The molecule has 1 N–H and O–H groups in total. The zero-order chi connectivity index (χ0) is 16.5. The monoisotopic (exact) mass is 328 g/mol. The van der Waals surface area contributed by atoms with Gasteiger partial charge in [0.25, 0.3) is 0 Å². The standard InChI is InChI=1S/C18H20N2O4/c1-12-6-7-16(24-12)17-10-20(8-9-22-17)18(21)19-14-11-23-15-5-3-2-4-13(14)15/h2-7,14,17H,8-11H2,1H3,(H,19,21)/t14-,17-/m1/s1. The van der Waals surface area contributed by atoms with Gasteiger partial charge >= 0.3 is 6.03 Å². The van der Waals surface area contributed by atoms with Crippen molar-refractivity contribution >= 4 is 6.03 Å². The maximum atomic E-state index is 12.6. The van der Waals surface area contributed by atoms with Crippen LogP contribution in [-0.4, -0.2) is 37.2 Å². The molecule has 2 aromatic rings. The third-order valence-electron chi connectivity index (χ3n) is 4.43. The van der Waals surface area contributed by atoms with E-state index in [0.717, 1.165) is 22.8 Å². The van der Waals surface area contributed by atoms with Gasteiger partial charge in [-0.1, -0.05) is 18.2 Å². The molecule has 2 atom stereocenters. The fraction of sp³-hybridized carbons (Fsp3) is 0.389. The Kier molecular flexibility index (Phi) is 3.90. The number of nitrogens with zero attached hydrogens (tertiary/aromatic N) is 1. The number of carbonyl (C=O) groups is 1. The van der Waals surface area contributed by atoms with Crippen LogP contribution in [0.1, 0.15) is 29.2 Å². The number of nitrogens with one attached hydrogen (secondary N) is 1. The minimum Gasteiger partial charge on any atom is -0.491 e. The van der Waals surface area contributed by atoms with Crippen molar-refractivity contribution in [2.75, 3.05) is 26.3 Å². The highest BCUT2D eigenvalue weighted by Crippen LogP contribution is 2.32. The normalized spacial score (nSPS) is 22.8. The SMILES string of the molecule is Cc1ccc([C@H]2CN(C(=O)N[C@@H]3COc4ccccc43)CCO2)o1. The van der Waals surface area contributed by atoms with Gasteiger partial charge in [-0.25, -0.2) is 4.79 Å². The quantitative estimate of drug-likeness (QED) is 0.921. The van der Waals surface area contributed by atoms with Gasteiger partial charge in [0.05, 0.1) is 19.2 Å². The minimum absolute atomic E-state index is 0.100. The molecule has 6 nitrogen and oxygen atoms in total. The molecule has 0 bridgehead atoms. The first kappa shape index (κ1) is 15.1. The average molecular weight is 328 g/mol. The fourth-order valence-corrected chi connectivity index (χ4v) is 3.15. The summed E-state index contributed by atoms with van der Waals surface area (Å²) in [6.07, 6.45) is -0.217. The van der Waals surface area contributed by atoms with Crippen LogP contribution in [0.3, 0.4) is 0 Å². The van der Waals surface area contributed by atoms with E-state index in [2.05, 4.69) is 5.32 Å². The Hall–Kier alpha value is -2.47. The number of amides is 2. The fourth-order valence-electron chi connectivity index (χ4n) is 3.15. The van der Waals surface area contributed by atoms with Gasteiger partial charge in [0.15, 0.2) is 0 Å². The number of rotatable bonds is 2. The summed E-state index contributed by atoms with van der Waals surface area (Å²) in [7, 11) is 0. The summed E-state index contributed by atoms with van der Waals surface area (Å²) in [6, 6.07) is 11.4. The Balaban J connectivity index is 1.41. The van der Waals surface area contributed by atoms with E-state index in [1.807, 2.05) is 43.3 Å². The van der Waals surface area contributed by atoms with Crippen LogP contribution in [0.2, 0.25) is 0 Å². The summed E-state index contributed by atoms with van der Waals surface area (Å²) < 4.78 is 17.0. The van der Waals surface area contributed by atoms with Crippen molar-refractivity contribution in [3.05, 3.63) is 53.5 Å². The molecule has 24 heavy (non-hydrogen) atoms. The number of para-hydroxylation sites is 1. The second-order valence-corrected chi connectivity index (χ2v) is 6.10. The van der Waals surface area contributed by atoms with Gasteiger partial charge in [-0.15, -0.1) is 0 Å². The van der Waals surface area contributed by atoms with Crippen molar-refractivity contribution in [1.29, 1.82) is 0 Å². The van der Waals surface area contributed by atoms with Crippen LogP contribution in [0.5, 0.6) is 5.75 Å². The van der Waals surface area contributed by atoms with E-state index in [-0.39, 0.29) is 18.2 Å². The number of furan rings is 1. The van der Waals surface area contributed by atoms with Gasteiger partial charge in [0, 0.05) is 12.1 Å². The number of benzene rings is 1.